The molecule has 0 spiro atoms. The van der Waals surface area contributed by atoms with Gasteiger partial charge in [0.15, 0.2) is 0 Å². The molecule has 0 aromatic heterocycles. The molecule has 9 heteroatoms. The molecule has 1 aliphatic carbocycles. The standard InChI is InChI=1S/C16H28N4O5/c1-8(2)4-11(15(17)24)20-16(25)9-5-10(14(23)12(21)6-9)19-13(22)7-18-3/h5,8,10-12,14,18,21,23H,4,6-7H2,1-3H3,(H2,17,24)(H,19,22)(H,20,25). The van der Waals surface area contributed by atoms with Crippen LogP contribution in [-0.2, 0) is 14.4 Å². The lowest BCUT2D eigenvalue weighted by molar-refractivity contribution is -0.126. The number of hydrogen-bond acceptors (Lipinski definition) is 6. The highest BCUT2D eigenvalue weighted by Gasteiger charge is 2.34. The van der Waals surface area contributed by atoms with Gasteiger partial charge in [-0.1, -0.05) is 19.9 Å². The van der Waals surface area contributed by atoms with Crippen molar-refractivity contribution in [3.8, 4) is 0 Å². The molecule has 1 aliphatic rings. The smallest absolute Gasteiger partial charge is 0.247 e. The van der Waals surface area contributed by atoms with Gasteiger partial charge in [-0.2, -0.15) is 0 Å². The van der Waals surface area contributed by atoms with E-state index in [-0.39, 0.29) is 30.4 Å². The summed E-state index contributed by atoms with van der Waals surface area (Å²) >= 11 is 0. The van der Waals surface area contributed by atoms with Crippen LogP contribution in [0.5, 0.6) is 0 Å². The van der Waals surface area contributed by atoms with Crippen molar-refractivity contribution in [2.75, 3.05) is 13.6 Å². The van der Waals surface area contributed by atoms with Gasteiger partial charge in [-0.05, 0) is 19.4 Å². The molecule has 9 nitrogen and oxygen atoms in total. The molecule has 25 heavy (non-hydrogen) atoms. The third kappa shape index (κ3) is 6.45. The molecule has 0 aromatic rings. The molecule has 0 heterocycles. The number of carbonyl (C=O) groups excluding carboxylic acids is 3. The molecule has 4 unspecified atom stereocenters. The lowest BCUT2D eigenvalue weighted by Gasteiger charge is -2.31. The van der Waals surface area contributed by atoms with Crippen molar-refractivity contribution >= 4 is 17.7 Å². The van der Waals surface area contributed by atoms with Gasteiger partial charge in [-0.25, -0.2) is 0 Å². The summed E-state index contributed by atoms with van der Waals surface area (Å²) in [7, 11) is 1.60. The first kappa shape index (κ1) is 21.1. The number of rotatable bonds is 8. The maximum atomic E-state index is 12.4. The zero-order valence-corrected chi connectivity index (χ0v) is 14.8. The maximum absolute atomic E-state index is 12.4. The SMILES string of the molecule is CNCC(=O)NC1C=C(C(=O)NC(CC(C)C)C(N)=O)CC(O)C1O. The summed E-state index contributed by atoms with van der Waals surface area (Å²) in [4.78, 5) is 35.6. The predicted molar refractivity (Wildman–Crippen MR) is 91.2 cm³/mol. The maximum Gasteiger partial charge on any atom is 0.247 e. The van der Waals surface area contributed by atoms with E-state index in [1.807, 2.05) is 13.8 Å². The molecule has 7 N–H and O–H groups in total. The number of likely N-dealkylation sites (N-methyl/N-ethyl adjacent to an activating group) is 1. The third-order valence-electron chi connectivity index (χ3n) is 3.88. The van der Waals surface area contributed by atoms with Crippen LogP contribution in [0.4, 0.5) is 0 Å². The molecule has 142 valence electrons. The average molecular weight is 356 g/mol. The summed E-state index contributed by atoms with van der Waals surface area (Å²) < 4.78 is 0. The minimum atomic E-state index is -1.22. The number of amides is 3. The highest BCUT2D eigenvalue weighted by molar-refractivity contribution is 5.97. The number of primary amides is 1. The van der Waals surface area contributed by atoms with E-state index in [0.717, 1.165) is 0 Å². The predicted octanol–water partition coefficient (Wildman–Crippen LogP) is -2.24. The molecule has 0 saturated heterocycles. The number of hydrogen-bond donors (Lipinski definition) is 6. The Morgan fingerprint density at radius 2 is 1.96 bits per heavy atom. The molecule has 0 radical (unpaired) electrons. The first-order valence-corrected chi connectivity index (χ1v) is 8.26. The van der Waals surface area contributed by atoms with Crippen LogP contribution in [0, 0.1) is 5.92 Å². The number of aliphatic hydroxyl groups is 2. The van der Waals surface area contributed by atoms with E-state index >= 15 is 0 Å². The average Bonchev–Trinajstić information content (AvgIpc) is 2.50. The second-order valence-electron chi connectivity index (χ2n) is 6.64. The van der Waals surface area contributed by atoms with Crippen molar-refractivity contribution in [1.29, 1.82) is 0 Å². The molecule has 4 atom stereocenters. The molecule has 0 aromatic carbocycles. The van der Waals surface area contributed by atoms with Gasteiger partial charge in [-0.15, -0.1) is 0 Å². The van der Waals surface area contributed by atoms with Gasteiger partial charge in [0.05, 0.1) is 18.7 Å². The Morgan fingerprint density at radius 1 is 1.32 bits per heavy atom. The molecular weight excluding hydrogens is 328 g/mol. The normalized spacial score (nSPS) is 24.4. The zero-order valence-electron chi connectivity index (χ0n) is 14.8. The second-order valence-corrected chi connectivity index (χ2v) is 6.64. The van der Waals surface area contributed by atoms with Crippen molar-refractivity contribution in [2.45, 2.75) is 51.0 Å². The van der Waals surface area contributed by atoms with Gasteiger partial charge < -0.3 is 31.9 Å². The molecule has 0 saturated carbocycles. The van der Waals surface area contributed by atoms with Gasteiger partial charge in [0.2, 0.25) is 17.7 Å². The van der Waals surface area contributed by atoms with Crippen molar-refractivity contribution in [3.63, 3.8) is 0 Å². The Labute approximate surface area is 147 Å². The van der Waals surface area contributed by atoms with E-state index in [1.165, 1.54) is 6.08 Å². The van der Waals surface area contributed by atoms with Crippen LogP contribution in [0.3, 0.4) is 0 Å². The van der Waals surface area contributed by atoms with E-state index in [1.54, 1.807) is 7.05 Å². The van der Waals surface area contributed by atoms with Gasteiger partial charge in [0, 0.05) is 12.0 Å². The van der Waals surface area contributed by atoms with Crippen molar-refractivity contribution in [2.24, 2.45) is 11.7 Å². The molecule has 0 bridgehead atoms. The quantitative estimate of drug-likeness (QED) is 0.289. The van der Waals surface area contributed by atoms with Crippen molar-refractivity contribution in [1.82, 2.24) is 16.0 Å². The molecule has 1 rings (SSSR count). The van der Waals surface area contributed by atoms with Crippen LogP contribution >= 0.6 is 0 Å². The Kier molecular flexibility index (Phi) is 8.01. The van der Waals surface area contributed by atoms with Gasteiger partial charge >= 0.3 is 0 Å². The van der Waals surface area contributed by atoms with E-state index in [4.69, 9.17) is 5.73 Å². The van der Waals surface area contributed by atoms with Crippen LogP contribution in [0.25, 0.3) is 0 Å². The van der Waals surface area contributed by atoms with Crippen molar-refractivity contribution in [3.05, 3.63) is 11.6 Å². The summed E-state index contributed by atoms with van der Waals surface area (Å²) in [5.41, 5.74) is 5.50. The van der Waals surface area contributed by atoms with Crippen molar-refractivity contribution < 1.29 is 24.6 Å². The first-order chi connectivity index (χ1) is 11.6. The largest absolute Gasteiger partial charge is 0.390 e. The van der Waals surface area contributed by atoms with Crippen LogP contribution in [0.15, 0.2) is 11.6 Å². The van der Waals surface area contributed by atoms with E-state index in [9.17, 15) is 24.6 Å². The monoisotopic (exact) mass is 356 g/mol. The number of carbonyl (C=O) groups is 3. The second kappa shape index (κ2) is 9.50. The van der Waals surface area contributed by atoms with Crippen LogP contribution in [-0.4, -0.2) is 65.8 Å². The minimum absolute atomic E-state index is 0.0345. The topological polar surface area (TPSA) is 154 Å². The summed E-state index contributed by atoms with van der Waals surface area (Å²) in [6.45, 7) is 3.83. The third-order valence-corrected chi connectivity index (χ3v) is 3.88. The lowest BCUT2D eigenvalue weighted by Crippen LogP contribution is -2.53. The summed E-state index contributed by atoms with van der Waals surface area (Å²) in [5, 5.41) is 27.7. The summed E-state index contributed by atoms with van der Waals surface area (Å²) in [6.07, 6.45) is -0.726. The fourth-order valence-electron chi connectivity index (χ4n) is 2.63. The molecule has 0 fully saturated rings. The van der Waals surface area contributed by atoms with Crippen LogP contribution in [0.2, 0.25) is 0 Å². The van der Waals surface area contributed by atoms with Crippen LogP contribution in [0.1, 0.15) is 26.7 Å². The molecular formula is C16H28N4O5. The van der Waals surface area contributed by atoms with Gasteiger partial charge in [-0.3, -0.25) is 14.4 Å². The minimum Gasteiger partial charge on any atom is -0.390 e. The summed E-state index contributed by atoms with van der Waals surface area (Å²) in [5.74, 6) is -1.42. The Hall–Kier alpha value is -1.97. The number of nitrogens with one attached hydrogen (secondary N) is 3. The number of nitrogens with two attached hydrogens (primary N) is 1. The number of aliphatic hydroxyl groups excluding tert-OH is 2. The van der Waals surface area contributed by atoms with Gasteiger partial charge in [0.1, 0.15) is 12.1 Å². The molecule has 3 amide bonds. The van der Waals surface area contributed by atoms with E-state index in [2.05, 4.69) is 16.0 Å². The van der Waals surface area contributed by atoms with Gasteiger partial charge in [0.25, 0.3) is 0 Å². The Balaban J connectivity index is 2.87. The highest BCUT2D eigenvalue weighted by Crippen LogP contribution is 2.20. The highest BCUT2D eigenvalue weighted by atomic mass is 16.3. The zero-order chi connectivity index (χ0) is 19.1. The molecule has 0 aliphatic heterocycles. The lowest BCUT2D eigenvalue weighted by atomic mass is 9.89. The van der Waals surface area contributed by atoms with E-state index in [0.29, 0.717) is 6.42 Å². The fourth-order valence-corrected chi connectivity index (χ4v) is 2.63. The Morgan fingerprint density at radius 3 is 2.48 bits per heavy atom. The summed E-state index contributed by atoms with van der Waals surface area (Å²) in [6, 6.07) is -1.72. The van der Waals surface area contributed by atoms with Crippen LogP contribution < -0.4 is 21.7 Å². The Bertz CT molecular complexity index is 535. The first-order valence-electron chi connectivity index (χ1n) is 8.26. The fraction of sp³-hybridized carbons (Fsp3) is 0.688. The van der Waals surface area contributed by atoms with E-state index < -0.39 is 36.1 Å².